The summed E-state index contributed by atoms with van der Waals surface area (Å²) in [6.07, 6.45) is 6.12. The average Bonchev–Trinajstić information content (AvgIpc) is 3.14. The molecule has 2 fully saturated rings. The van der Waals surface area contributed by atoms with Gasteiger partial charge in [0, 0.05) is 25.1 Å². The SMILES string of the molecule is C=CC(=O)N(Cc1ccc(Cl)c(OC)c1)C[C@]12CCC[C@H]1OCC2. The maximum Gasteiger partial charge on any atom is 0.246 e. The Labute approximate surface area is 148 Å². The minimum absolute atomic E-state index is 0.0455. The fraction of sp³-hybridized carbons (Fsp3) is 0.526. The van der Waals surface area contributed by atoms with E-state index in [1.165, 1.54) is 12.5 Å². The molecule has 2 atom stereocenters. The number of carbonyl (C=O) groups excluding carboxylic acids is 1. The number of fused-ring (bicyclic) bond motifs is 1. The quantitative estimate of drug-likeness (QED) is 0.733. The number of hydrogen-bond donors (Lipinski definition) is 0. The van der Waals surface area contributed by atoms with Gasteiger partial charge in [-0.25, -0.2) is 0 Å². The lowest BCUT2D eigenvalue weighted by Gasteiger charge is -2.34. The molecule has 5 heteroatoms. The zero-order valence-corrected chi connectivity index (χ0v) is 14.8. The number of methoxy groups -OCH3 is 1. The van der Waals surface area contributed by atoms with Crippen molar-refractivity contribution >= 4 is 17.5 Å². The second-order valence-electron chi connectivity index (χ2n) is 6.73. The van der Waals surface area contributed by atoms with Gasteiger partial charge in [0.2, 0.25) is 5.91 Å². The number of hydrogen-bond acceptors (Lipinski definition) is 3. The summed E-state index contributed by atoms with van der Waals surface area (Å²) in [6.45, 7) is 5.70. The summed E-state index contributed by atoms with van der Waals surface area (Å²) in [5, 5.41) is 0.571. The van der Waals surface area contributed by atoms with Crippen molar-refractivity contribution in [2.75, 3.05) is 20.3 Å². The van der Waals surface area contributed by atoms with E-state index in [4.69, 9.17) is 21.1 Å². The van der Waals surface area contributed by atoms with E-state index in [-0.39, 0.29) is 17.4 Å². The lowest BCUT2D eigenvalue weighted by Crippen LogP contribution is -2.42. The van der Waals surface area contributed by atoms with Gasteiger partial charge in [0.1, 0.15) is 5.75 Å². The number of nitrogens with zero attached hydrogens (tertiary/aromatic N) is 1. The van der Waals surface area contributed by atoms with Crippen LogP contribution in [0.2, 0.25) is 5.02 Å². The Bertz CT molecular complexity index is 621. The van der Waals surface area contributed by atoms with Crippen molar-refractivity contribution in [3.05, 3.63) is 41.4 Å². The average molecular weight is 350 g/mol. The molecule has 1 saturated heterocycles. The molecule has 0 radical (unpaired) electrons. The van der Waals surface area contributed by atoms with Crippen molar-refractivity contribution in [2.45, 2.75) is 38.3 Å². The van der Waals surface area contributed by atoms with Crippen LogP contribution in [0.1, 0.15) is 31.2 Å². The summed E-state index contributed by atoms with van der Waals surface area (Å²) in [4.78, 5) is 14.3. The summed E-state index contributed by atoms with van der Waals surface area (Å²) in [6, 6.07) is 5.63. The standard InChI is InChI=1S/C19H24ClNO3/c1-3-18(22)21(12-14-6-7-15(20)16(11-14)23-2)13-19-8-4-5-17(19)24-10-9-19/h3,6-7,11,17H,1,4-5,8-10,12-13H2,2H3/t17-,19-/m1/s1. The Hall–Kier alpha value is -1.52. The summed E-state index contributed by atoms with van der Waals surface area (Å²) in [5.41, 5.74) is 1.10. The van der Waals surface area contributed by atoms with E-state index >= 15 is 0 Å². The molecule has 1 amide bonds. The van der Waals surface area contributed by atoms with Crippen LogP contribution in [-0.2, 0) is 16.1 Å². The first-order chi connectivity index (χ1) is 11.6. The van der Waals surface area contributed by atoms with Crippen LogP contribution >= 0.6 is 11.6 Å². The summed E-state index contributed by atoms with van der Waals surface area (Å²) < 4.78 is 11.2. The summed E-state index contributed by atoms with van der Waals surface area (Å²) in [7, 11) is 1.59. The first kappa shape index (κ1) is 17.3. The molecule has 0 aromatic heterocycles. The van der Waals surface area contributed by atoms with Crippen LogP contribution in [0.25, 0.3) is 0 Å². The van der Waals surface area contributed by atoms with E-state index in [0.717, 1.165) is 31.4 Å². The maximum absolute atomic E-state index is 12.4. The summed E-state index contributed by atoms with van der Waals surface area (Å²) in [5.74, 6) is 0.581. The Morgan fingerprint density at radius 1 is 1.54 bits per heavy atom. The van der Waals surface area contributed by atoms with Gasteiger partial charge in [-0.05, 0) is 43.0 Å². The molecule has 2 aliphatic rings. The van der Waals surface area contributed by atoms with Crippen molar-refractivity contribution in [3.8, 4) is 5.75 Å². The highest BCUT2D eigenvalue weighted by molar-refractivity contribution is 6.32. The van der Waals surface area contributed by atoms with Crippen LogP contribution in [0, 0.1) is 5.41 Å². The number of halogens is 1. The van der Waals surface area contributed by atoms with Crippen molar-refractivity contribution < 1.29 is 14.3 Å². The molecule has 0 unspecified atom stereocenters. The fourth-order valence-corrected chi connectivity index (χ4v) is 4.26. The highest BCUT2D eigenvalue weighted by Crippen LogP contribution is 2.48. The Morgan fingerprint density at radius 3 is 3.12 bits per heavy atom. The lowest BCUT2D eigenvalue weighted by atomic mass is 9.82. The second kappa shape index (κ2) is 7.16. The third-order valence-electron chi connectivity index (χ3n) is 5.32. The largest absolute Gasteiger partial charge is 0.495 e. The molecule has 24 heavy (non-hydrogen) atoms. The smallest absolute Gasteiger partial charge is 0.246 e. The lowest BCUT2D eigenvalue weighted by molar-refractivity contribution is -0.128. The van der Waals surface area contributed by atoms with E-state index < -0.39 is 0 Å². The van der Waals surface area contributed by atoms with Gasteiger partial charge in [0.15, 0.2) is 0 Å². The number of amides is 1. The molecule has 1 aromatic rings. The molecule has 1 heterocycles. The number of rotatable bonds is 6. The number of carbonyl (C=O) groups is 1. The van der Waals surface area contributed by atoms with Gasteiger partial charge in [-0.3, -0.25) is 4.79 Å². The van der Waals surface area contributed by atoms with Gasteiger partial charge in [-0.2, -0.15) is 0 Å². The van der Waals surface area contributed by atoms with E-state index in [9.17, 15) is 4.79 Å². The minimum atomic E-state index is -0.0455. The van der Waals surface area contributed by atoms with Crippen LogP contribution in [0.5, 0.6) is 5.75 Å². The van der Waals surface area contributed by atoms with Gasteiger partial charge in [0.25, 0.3) is 0 Å². The maximum atomic E-state index is 12.4. The molecule has 4 nitrogen and oxygen atoms in total. The van der Waals surface area contributed by atoms with E-state index in [1.807, 2.05) is 23.1 Å². The zero-order chi connectivity index (χ0) is 17.2. The van der Waals surface area contributed by atoms with Crippen molar-refractivity contribution in [2.24, 2.45) is 5.41 Å². The van der Waals surface area contributed by atoms with Gasteiger partial charge in [-0.15, -0.1) is 0 Å². The molecule has 0 spiro atoms. The third-order valence-corrected chi connectivity index (χ3v) is 5.64. The molecule has 1 aromatic carbocycles. The molecule has 1 saturated carbocycles. The highest BCUT2D eigenvalue weighted by Gasteiger charge is 2.48. The van der Waals surface area contributed by atoms with Crippen LogP contribution in [0.15, 0.2) is 30.9 Å². The van der Waals surface area contributed by atoms with Crippen molar-refractivity contribution in [1.82, 2.24) is 4.90 Å². The fourth-order valence-electron chi connectivity index (χ4n) is 4.06. The van der Waals surface area contributed by atoms with E-state index in [2.05, 4.69) is 6.58 Å². The second-order valence-corrected chi connectivity index (χ2v) is 7.14. The molecule has 3 rings (SSSR count). The van der Waals surface area contributed by atoms with Gasteiger partial charge in [-0.1, -0.05) is 30.7 Å². The Morgan fingerprint density at radius 2 is 2.38 bits per heavy atom. The highest BCUT2D eigenvalue weighted by atomic mass is 35.5. The normalized spacial score (nSPS) is 25.3. The van der Waals surface area contributed by atoms with Crippen LogP contribution in [-0.4, -0.2) is 37.2 Å². The van der Waals surface area contributed by atoms with E-state index in [0.29, 0.717) is 23.9 Å². The third kappa shape index (κ3) is 3.31. The van der Waals surface area contributed by atoms with Crippen molar-refractivity contribution in [3.63, 3.8) is 0 Å². The molecule has 1 aliphatic carbocycles. The Balaban J connectivity index is 1.80. The molecular weight excluding hydrogens is 326 g/mol. The number of ether oxygens (including phenoxy) is 2. The minimum Gasteiger partial charge on any atom is -0.495 e. The predicted octanol–water partition coefficient (Wildman–Crippen LogP) is 3.82. The Kier molecular flexibility index (Phi) is 5.16. The van der Waals surface area contributed by atoms with Crippen molar-refractivity contribution in [1.29, 1.82) is 0 Å². The molecular formula is C19H24ClNO3. The molecule has 0 bridgehead atoms. The monoisotopic (exact) mass is 349 g/mol. The van der Waals surface area contributed by atoms with Crippen LogP contribution in [0.4, 0.5) is 0 Å². The van der Waals surface area contributed by atoms with Gasteiger partial charge < -0.3 is 14.4 Å². The van der Waals surface area contributed by atoms with Gasteiger partial charge in [0.05, 0.1) is 18.2 Å². The molecule has 0 N–H and O–H groups in total. The first-order valence-electron chi connectivity index (χ1n) is 8.43. The topological polar surface area (TPSA) is 38.8 Å². The predicted molar refractivity (Wildman–Crippen MR) is 94.3 cm³/mol. The first-order valence-corrected chi connectivity index (χ1v) is 8.81. The number of benzene rings is 1. The molecule has 130 valence electrons. The van der Waals surface area contributed by atoms with Crippen LogP contribution in [0.3, 0.4) is 0 Å². The zero-order valence-electron chi connectivity index (χ0n) is 14.1. The van der Waals surface area contributed by atoms with Crippen LogP contribution < -0.4 is 4.74 Å². The van der Waals surface area contributed by atoms with Gasteiger partial charge >= 0.3 is 0 Å². The summed E-state index contributed by atoms with van der Waals surface area (Å²) >= 11 is 6.09. The van der Waals surface area contributed by atoms with E-state index in [1.54, 1.807) is 7.11 Å². The molecule has 1 aliphatic heterocycles.